The van der Waals surface area contributed by atoms with Crippen LogP contribution in [0.15, 0.2) is 24.3 Å². The monoisotopic (exact) mass is 218 g/mol. The summed E-state index contributed by atoms with van der Waals surface area (Å²) in [4.78, 5) is 2.53. The lowest BCUT2D eigenvalue weighted by molar-refractivity contribution is 0.669. The molecule has 1 heterocycles. The van der Waals surface area contributed by atoms with Crippen LogP contribution in [0.1, 0.15) is 32.6 Å². The molecule has 0 fully saturated rings. The van der Waals surface area contributed by atoms with Crippen molar-refractivity contribution in [2.45, 2.75) is 32.6 Å². The van der Waals surface area contributed by atoms with Crippen LogP contribution in [-0.2, 0) is 0 Å². The van der Waals surface area contributed by atoms with E-state index in [1.54, 1.807) is 0 Å². The Balaban J connectivity index is 2.06. The molecule has 0 radical (unpaired) electrons. The van der Waals surface area contributed by atoms with Gasteiger partial charge in [-0.1, -0.05) is 31.9 Å². The number of rotatable bonds is 4. The molecule has 0 saturated carbocycles. The van der Waals surface area contributed by atoms with E-state index in [9.17, 15) is 0 Å². The second-order valence-electron chi connectivity index (χ2n) is 4.49. The molecule has 0 atom stereocenters. The van der Waals surface area contributed by atoms with Gasteiger partial charge < -0.3 is 10.2 Å². The molecule has 0 saturated heterocycles. The molecule has 2 nitrogen and oxygen atoms in total. The van der Waals surface area contributed by atoms with E-state index in [1.165, 1.54) is 50.1 Å². The van der Waals surface area contributed by atoms with Crippen molar-refractivity contribution in [2.75, 3.05) is 29.9 Å². The minimum absolute atomic E-state index is 1.10. The van der Waals surface area contributed by atoms with Crippen LogP contribution < -0.4 is 10.2 Å². The molecule has 88 valence electrons. The van der Waals surface area contributed by atoms with Gasteiger partial charge in [0.05, 0.1) is 11.4 Å². The summed E-state index contributed by atoms with van der Waals surface area (Å²) in [5.41, 5.74) is 2.69. The first kappa shape index (κ1) is 11.3. The molecule has 16 heavy (non-hydrogen) atoms. The fourth-order valence-electron chi connectivity index (χ4n) is 2.30. The Bertz CT molecular complexity index is 322. The van der Waals surface area contributed by atoms with Gasteiger partial charge in [0, 0.05) is 19.6 Å². The molecule has 1 aromatic carbocycles. The quantitative estimate of drug-likeness (QED) is 0.778. The molecule has 0 aliphatic carbocycles. The van der Waals surface area contributed by atoms with Crippen LogP contribution in [-0.4, -0.2) is 19.6 Å². The van der Waals surface area contributed by atoms with Crippen molar-refractivity contribution in [3.63, 3.8) is 0 Å². The number of para-hydroxylation sites is 2. The summed E-state index contributed by atoms with van der Waals surface area (Å²) in [6, 6.07) is 8.67. The second-order valence-corrected chi connectivity index (χ2v) is 4.49. The third-order valence-corrected chi connectivity index (χ3v) is 3.20. The lowest BCUT2D eigenvalue weighted by Crippen LogP contribution is -2.25. The van der Waals surface area contributed by atoms with Gasteiger partial charge in [0.1, 0.15) is 0 Å². The van der Waals surface area contributed by atoms with Crippen LogP contribution in [0.5, 0.6) is 0 Å². The Morgan fingerprint density at radius 2 is 2.12 bits per heavy atom. The Morgan fingerprint density at radius 1 is 1.25 bits per heavy atom. The maximum atomic E-state index is 3.50. The van der Waals surface area contributed by atoms with Gasteiger partial charge in [0.25, 0.3) is 0 Å². The van der Waals surface area contributed by atoms with Crippen molar-refractivity contribution in [1.29, 1.82) is 0 Å². The molecule has 1 N–H and O–H groups in total. The number of fused-ring (bicyclic) bond motifs is 1. The summed E-state index contributed by atoms with van der Waals surface area (Å²) in [5, 5.41) is 3.50. The van der Waals surface area contributed by atoms with Crippen molar-refractivity contribution < 1.29 is 0 Å². The Hall–Kier alpha value is -1.18. The molecule has 0 aromatic heterocycles. The number of anilines is 2. The third kappa shape index (κ3) is 2.69. The van der Waals surface area contributed by atoms with E-state index in [1.807, 2.05) is 0 Å². The summed E-state index contributed by atoms with van der Waals surface area (Å²) in [6.45, 7) is 5.75. The van der Waals surface area contributed by atoms with Gasteiger partial charge in [0.15, 0.2) is 0 Å². The van der Waals surface area contributed by atoms with Crippen LogP contribution >= 0.6 is 0 Å². The summed E-state index contributed by atoms with van der Waals surface area (Å²) in [7, 11) is 0. The fraction of sp³-hybridized carbons (Fsp3) is 0.571. The molecule has 1 aromatic rings. The molecular formula is C14H22N2. The highest BCUT2D eigenvalue weighted by molar-refractivity contribution is 5.70. The minimum atomic E-state index is 1.10. The molecular weight excluding hydrogens is 196 g/mol. The smallest absolute Gasteiger partial charge is 0.0602 e. The SMILES string of the molecule is CCCCCN1CCCNc2ccccc21. The van der Waals surface area contributed by atoms with E-state index >= 15 is 0 Å². The number of unbranched alkanes of at least 4 members (excludes halogenated alkanes) is 2. The topological polar surface area (TPSA) is 15.3 Å². The summed E-state index contributed by atoms with van der Waals surface area (Å²) < 4.78 is 0. The van der Waals surface area contributed by atoms with Gasteiger partial charge in [-0.15, -0.1) is 0 Å². The normalized spacial score (nSPS) is 15.2. The van der Waals surface area contributed by atoms with E-state index in [-0.39, 0.29) is 0 Å². The van der Waals surface area contributed by atoms with Crippen LogP contribution in [0.25, 0.3) is 0 Å². The predicted molar refractivity (Wildman–Crippen MR) is 71.3 cm³/mol. The van der Waals surface area contributed by atoms with Crippen LogP contribution in [0.4, 0.5) is 11.4 Å². The van der Waals surface area contributed by atoms with Crippen molar-refractivity contribution in [2.24, 2.45) is 0 Å². The molecule has 2 heteroatoms. The zero-order chi connectivity index (χ0) is 11.2. The number of nitrogens with zero attached hydrogens (tertiary/aromatic N) is 1. The standard InChI is InChI=1S/C14H22N2/c1-2-3-6-11-16-12-7-10-15-13-8-4-5-9-14(13)16/h4-5,8-9,15H,2-3,6-7,10-12H2,1H3. The minimum Gasteiger partial charge on any atom is -0.383 e. The van der Waals surface area contributed by atoms with Crippen LogP contribution in [0.2, 0.25) is 0 Å². The maximum absolute atomic E-state index is 3.50. The number of hydrogen-bond donors (Lipinski definition) is 1. The van der Waals surface area contributed by atoms with Gasteiger partial charge in [0.2, 0.25) is 0 Å². The average Bonchev–Trinajstić information content (AvgIpc) is 2.52. The number of benzene rings is 1. The first-order valence-corrected chi connectivity index (χ1v) is 6.49. The fourth-order valence-corrected chi connectivity index (χ4v) is 2.30. The second kappa shape index (κ2) is 5.78. The number of hydrogen-bond acceptors (Lipinski definition) is 2. The molecule has 2 rings (SSSR count). The summed E-state index contributed by atoms with van der Waals surface area (Å²) in [6.07, 6.45) is 5.19. The highest BCUT2D eigenvalue weighted by Gasteiger charge is 2.13. The van der Waals surface area contributed by atoms with E-state index in [0.29, 0.717) is 0 Å². The lowest BCUT2D eigenvalue weighted by Gasteiger charge is -2.24. The van der Waals surface area contributed by atoms with Gasteiger partial charge in [-0.25, -0.2) is 0 Å². The Morgan fingerprint density at radius 3 is 3.00 bits per heavy atom. The zero-order valence-electron chi connectivity index (χ0n) is 10.2. The molecule has 0 spiro atoms. The average molecular weight is 218 g/mol. The highest BCUT2D eigenvalue weighted by Crippen LogP contribution is 2.28. The van der Waals surface area contributed by atoms with Gasteiger partial charge in [-0.3, -0.25) is 0 Å². The van der Waals surface area contributed by atoms with E-state index in [2.05, 4.69) is 41.4 Å². The third-order valence-electron chi connectivity index (χ3n) is 3.20. The predicted octanol–water partition coefficient (Wildman–Crippen LogP) is 3.50. The molecule has 1 aliphatic heterocycles. The highest BCUT2D eigenvalue weighted by atomic mass is 15.2. The summed E-state index contributed by atoms with van der Waals surface area (Å²) in [5.74, 6) is 0. The van der Waals surface area contributed by atoms with Crippen molar-refractivity contribution in [3.05, 3.63) is 24.3 Å². The Labute approximate surface area is 98.7 Å². The lowest BCUT2D eigenvalue weighted by atomic mass is 10.2. The molecule has 0 amide bonds. The Kier molecular flexibility index (Phi) is 4.09. The van der Waals surface area contributed by atoms with Gasteiger partial charge in [-0.2, -0.15) is 0 Å². The zero-order valence-corrected chi connectivity index (χ0v) is 10.2. The largest absolute Gasteiger partial charge is 0.383 e. The number of nitrogens with one attached hydrogen (secondary N) is 1. The first-order valence-electron chi connectivity index (χ1n) is 6.49. The first-order chi connectivity index (χ1) is 7.92. The molecule has 0 bridgehead atoms. The maximum Gasteiger partial charge on any atom is 0.0602 e. The van der Waals surface area contributed by atoms with Crippen LogP contribution in [0.3, 0.4) is 0 Å². The van der Waals surface area contributed by atoms with Gasteiger partial charge in [-0.05, 0) is 25.0 Å². The van der Waals surface area contributed by atoms with Crippen molar-refractivity contribution in [1.82, 2.24) is 0 Å². The molecule has 1 aliphatic rings. The van der Waals surface area contributed by atoms with Crippen LogP contribution in [0, 0.1) is 0 Å². The summed E-state index contributed by atoms with van der Waals surface area (Å²) >= 11 is 0. The van der Waals surface area contributed by atoms with Gasteiger partial charge >= 0.3 is 0 Å². The van der Waals surface area contributed by atoms with E-state index < -0.39 is 0 Å². The molecule has 0 unspecified atom stereocenters. The van der Waals surface area contributed by atoms with Crippen molar-refractivity contribution >= 4 is 11.4 Å². The van der Waals surface area contributed by atoms with E-state index in [4.69, 9.17) is 0 Å². The van der Waals surface area contributed by atoms with Crippen molar-refractivity contribution in [3.8, 4) is 0 Å². The van der Waals surface area contributed by atoms with E-state index in [0.717, 1.165) is 6.54 Å².